The molecule has 0 atom stereocenters. The standard InChI is InChI=1S/C23H31N3O4.C18H22N2O5/c1-5-29-21(27)18-14(2)26-16-10-7-11-17(19(16)20(18)24)30-13-23(3,4)22(28)25-12-15-8-6-9-15;1-5-24-16(21)13-10(2)20-11-7-6-8-12(14(11)15(13)19)25-9-18(3,4)17(22)23/h7,10-11,15H,5-6,8-9,12-13H2,1-4H3,(H2,24,26)(H,25,28);6-8H,5,9H2,1-4H3,(H2,19,20)(H,22,23). The third-order valence-corrected chi connectivity index (χ3v) is 9.49. The molecule has 1 saturated carbocycles. The van der Waals surface area contributed by atoms with Gasteiger partial charge in [-0.25, -0.2) is 9.59 Å². The smallest absolute Gasteiger partial charge is 0.342 e. The maximum absolute atomic E-state index is 12.6. The minimum atomic E-state index is -1.07. The lowest BCUT2D eigenvalue weighted by Gasteiger charge is -2.29. The van der Waals surface area contributed by atoms with Crippen LogP contribution in [0.3, 0.4) is 0 Å². The summed E-state index contributed by atoms with van der Waals surface area (Å²) in [5.41, 5.74) is 13.9. The number of carbonyl (C=O) groups is 4. The Kier molecular flexibility index (Phi) is 13.5. The largest absolute Gasteiger partial charge is 0.492 e. The van der Waals surface area contributed by atoms with E-state index in [0.29, 0.717) is 50.6 Å². The summed E-state index contributed by atoms with van der Waals surface area (Å²) < 4.78 is 21.9. The lowest BCUT2D eigenvalue weighted by molar-refractivity contribution is -0.148. The molecule has 0 radical (unpaired) electrons. The van der Waals surface area contributed by atoms with Crippen molar-refractivity contribution in [2.24, 2.45) is 16.7 Å². The van der Waals surface area contributed by atoms with Gasteiger partial charge >= 0.3 is 17.9 Å². The molecule has 1 aliphatic carbocycles. The summed E-state index contributed by atoms with van der Waals surface area (Å²) >= 11 is 0. The van der Waals surface area contributed by atoms with Crippen molar-refractivity contribution in [2.45, 2.75) is 74.7 Å². The first-order valence-corrected chi connectivity index (χ1v) is 18.4. The van der Waals surface area contributed by atoms with Gasteiger partial charge in [0.25, 0.3) is 0 Å². The summed E-state index contributed by atoms with van der Waals surface area (Å²) in [4.78, 5) is 57.3. The monoisotopic (exact) mass is 759 g/mol. The molecule has 14 heteroatoms. The molecule has 55 heavy (non-hydrogen) atoms. The molecule has 2 aromatic heterocycles. The number of nitrogens with one attached hydrogen (secondary N) is 1. The van der Waals surface area contributed by atoms with Gasteiger partial charge in [0.05, 0.1) is 68.6 Å². The molecule has 1 aliphatic rings. The zero-order valence-corrected chi connectivity index (χ0v) is 33.0. The van der Waals surface area contributed by atoms with Gasteiger partial charge in [0.15, 0.2) is 0 Å². The van der Waals surface area contributed by atoms with E-state index in [0.717, 1.165) is 6.54 Å². The average molecular weight is 760 g/mol. The van der Waals surface area contributed by atoms with Gasteiger partial charge < -0.3 is 40.8 Å². The molecule has 0 aliphatic heterocycles. The number of carbonyl (C=O) groups excluding carboxylic acids is 3. The van der Waals surface area contributed by atoms with Crippen LogP contribution >= 0.6 is 0 Å². The first-order valence-electron chi connectivity index (χ1n) is 18.4. The molecule has 1 fully saturated rings. The van der Waals surface area contributed by atoms with E-state index in [1.54, 1.807) is 65.8 Å². The number of amides is 1. The highest BCUT2D eigenvalue weighted by molar-refractivity contribution is 6.08. The van der Waals surface area contributed by atoms with E-state index in [2.05, 4.69) is 15.3 Å². The molecule has 0 unspecified atom stereocenters. The fourth-order valence-corrected chi connectivity index (χ4v) is 5.86. The Bertz CT molecular complexity index is 2080. The Balaban J connectivity index is 0.000000249. The van der Waals surface area contributed by atoms with Crippen LogP contribution in [0.1, 0.15) is 92.9 Å². The quantitative estimate of drug-likeness (QED) is 0.102. The van der Waals surface area contributed by atoms with Crippen molar-refractivity contribution in [3.8, 4) is 11.5 Å². The van der Waals surface area contributed by atoms with Gasteiger partial charge in [-0.1, -0.05) is 18.6 Å². The fraction of sp³-hybridized carbons (Fsp3) is 0.463. The van der Waals surface area contributed by atoms with E-state index in [1.165, 1.54) is 19.3 Å². The Morgan fingerprint density at radius 1 is 0.764 bits per heavy atom. The number of hydrogen-bond acceptors (Lipinski definition) is 12. The topological polar surface area (TPSA) is 215 Å². The number of aliphatic carboxylic acids is 1. The Hall–Kier alpha value is -5.66. The van der Waals surface area contributed by atoms with Crippen LogP contribution in [0.5, 0.6) is 11.5 Å². The zero-order chi connectivity index (χ0) is 40.7. The molecule has 2 heterocycles. The number of carboxylic acid groups (broad SMARTS) is 1. The number of nitrogen functional groups attached to an aromatic ring is 2. The molecule has 1 amide bonds. The highest BCUT2D eigenvalue weighted by Gasteiger charge is 2.31. The molecule has 0 bridgehead atoms. The van der Waals surface area contributed by atoms with Crippen molar-refractivity contribution in [3.05, 3.63) is 58.9 Å². The molecule has 2 aromatic carbocycles. The second-order valence-electron chi connectivity index (χ2n) is 14.9. The van der Waals surface area contributed by atoms with Gasteiger partial charge in [0.1, 0.15) is 35.8 Å². The maximum Gasteiger partial charge on any atom is 0.342 e. The molecule has 4 aromatic rings. The summed E-state index contributed by atoms with van der Waals surface area (Å²) in [5.74, 6) is -0.602. The number of hydrogen-bond donors (Lipinski definition) is 4. The minimum absolute atomic E-state index is 0.0382. The van der Waals surface area contributed by atoms with Crippen molar-refractivity contribution < 1.29 is 43.2 Å². The number of ether oxygens (including phenoxy) is 4. The average Bonchev–Trinajstić information content (AvgIpc) is 3.09. The highest BCUT2D eigenvalue weighted by Crippen LogP contribution is 2.36. The molecular formula is C41H53N5O9. The van der Waals surface area contributed by atoms with E-state index < -0.39 is 28.7 Å². The number of rotatable bonds is 14. The predicted molar refractivity (Wildman–Crippen MR) is 210 cm³/mol. The fourth-order valence-electron chi connectivity index (χ4n) is 5.86. The van der Waals surface area contributed by atoms with Crippen LogP contribution in [0.2, 0.25) is 0 Å². The second kappa shape index (κ2) is 17.7. The molecule has 0 saturated heterocycles. The number of anilines is 2. The van der Waals surface area contributed by atoms with Crippen molar-refractivity contribution >= 4 is 57.0 Å². The predicted octanol–water partition coefficient (Wildman–Crippen LogP) is 6.42. The Labute approximate surface area is 321 Å². The van der Waals surface area contributed by atoms with E-state index in [1.807, 2.05) is 26.0 Å². The van der Waals surface area contributed by atoms with Gasteiger partial charge in [-0.15, -0.1) is 0 Å². The maximum atomic E-state index is 12.6. The third kappa shape index (κ3) is 9.72. The molecular weight excluding hydrogens is 706 g/mol. The minimum Gasteiger partial charge on any atom is -0.492 e. The molecule has 14 nitrogen and oxygen atoms in total. The van der Waals surface area contributed by atoms with Crippen LogP contribution in [-0.4, -0.2) is 71.9 Å². The summed E-state index contributed by atoms with van der Waals surface area (Å²) in [6.45, 7) is 15.0. The van der Waals surface area contributed by atoms with Crippen LogP contribution in [-0.2, 0) is 19.1 Å². The SMILES string of the molecule is CCOC(=O)c1c(C)nc2cccc(OCC(C)(C)C(=O)NCC3CCC3)c2c1N.CCOC(=O)c1c(C)nc2cccc(OCC(C)(C)C(=O)O)c2c1N. The van der Waals surface area contributed by atoms with Crippen molar-refractivity contribution in [1.82, 2.24) is 15.3 Å². The van der Waals surface area contributed by atoms with Gasteiger partial charge in [0.2, 0.25) is 5.91 Å². The number of benzene rings is 2. The van der Waals surface area contributed by atoms with Crippen LogP contribution in [0.15, 0.2) is 36.4 Å². The van der Waals surface area contributed by atoms with Gasteiger partial charge in [-0.3, -0.25) is 19.6 Å². The molecule has 5 rings (SSSR count). The van der Waals surface area contributed by atoms with Crippen molar-refractivity contribution in [1.29, 1.82) is 0 Å². The van der Waals surface area contributed by atoms with E-state index >= 15 is 0 Å². The molecule has 6 N–H and O–H groups in total. The number of aryl methyl sites for hydroxylation is 2. The molecule has 296 valence electrons. The summed E-state index contributed by atoms with van der Waals surface area (Å²) in [6, 6.07) is 10.6. The van der Waals surface area contributed by atoms with Crippen molar-refractivity contribution in [3.63, 3.8) is 0 Å². The highest BCUT2D eigenvalue weighted by atomic mass is 16.5. The lowest BCUT2D eigenvalue weighted by atomic mass is 9.85. The Morgan fingerprint density at radius 3 is 1.58 bits per heavy atom. The summed E-state index contributed by atoms with van der Waals surface area (Å²) in [7, 11) is 0. The number of esters is 2. The van der Waals surface area contributed by atoms with Gasteiger partial charge in [0, 0.05) is 6.54 Å². The van der Waals surface area contributed by atoms with E-state index in [4.69, 9.17) is 30.4 Å². The third-order valence-electron chi connectivity index (χ3n) is 9.49. The van der Waals surface area contributed by atoms with Gasteiger partial charge in [-0.05, 0) is 98.4 Å². The normalized spacial score (nSPS) is 12.9. The number of fused-ring (bicyclic) bond motifs is 2. The molecule has 0 spiro atoms. The number of aromatic nitrogens is 2. The zero-order valence-electron chi connectivity index (χ0n) is 33.0. The van der Waals surface area contributed by atoms with Crippen LogP contribution in [0.25, 0.3) is 21.8 Å². The summed E-state index contributed by atoms with van der Waals surface area (Å²) in [5, 5.41) is 13.3. The summed E-state index contributed by atoms with van der Waals surface area (Å²) in [6.07, 6.45) is 3.61. The number of carboxylic acids is 1. The van der Waals surface area contributed by atoms with E-state index in [-0.39, 0.29) is 54.8 Å². The second-order valence-corrected chi connectivity index (χ2v) is 14.9. The number of nitrogens with two attached hydrogens (primary N) is 2. The van der Waals surface area contributed by atoms with Crippen LogP contribution < -0.4 is 26.3 Å². The van der Waals surface area contributed by atoms with Crippen LogP contribution in [0, 0.1) is 30.6 Å². The Morgan fingerprint density at radius 2 is 1.20 bits per heavy atom. The van der Waals surface area contributed by atoms with Crippen LogP contribution in [0.4, 0.5) is 11.4 Å². The number of nitrogens with zero attached hydrogens (tertiary/aromatic N) is 2. The lowest BCUT2D eigenvalue weighted by Crippen LogP contribution is -2.43. The number of pyridine rings is 2. The first-order chi connectivity index (χ1) is 25.9. The van der Waals surface area contributed by atoms with Crippen molar-refractivity contribution in [2.75, 3.05) is 44.4 Å². The van der Waals surface area contributed by atoms with E-state index in [9.17, 15) is 24.3 Å². The van der Waals surface area contributed by atoms with Gasteiger partial charge in [-0.2, -0.15) is 0 Å². The first kappa shape index (κ1) is 42.1.